The van der Waals surface area contributed by atoms with Gasteiger partial charge >= 0.3 is 12.3 Å². The summed E-state index contributed by atoms with van der Waals surface area (Å²) >= 11 is 1.22. The summed E-state index contributed by atoms with van der Waals surface area (Å²) in [6, 6.07) is 11.0. The molecule has 0 spiro atoms. The van der Waals surface area contributed by atoms with Gasteiger partial charge in [-0.05, 0) is 52.7 Å². The van der Waals surface area contributed by atoms with E-state index in [9.17, 15) is 22.8 Å². The number of ether oxygens (including phenoxy) is 1. The number of halogens is 4. The number of carbonyl (C=O) groups excluding carboxylic acids is 2. The molecule has 1 aromatic carbocycles. The number of alkyl halides is 3. The highest BCUT2D eigenvalue weighted by atomic mass is 127. The minimum absolute atomic E-state index is 0.0417. The van der Waals surface area contributed by atoms with Crippen LogP contribution < -0.4 is 0 Å². The van der Waals surface area contributed by atoms with Crippen molar-refractivity contribution in [3.05, 3.63) is 45.6 Å². The van der Waals surface area contributed by atoms with E-state index in [2.05, 4.69) is 0 Å². The lowest BCUT2D eigenvalue weighted by atomic mass is 10.1. The Hall–Kier alpha value is -1.40. The minimum atomic E-state index is -4.49. The monoisotopic (exact) mass is 583 g/mol. The molecule has 2 rings (SSSR count). The van der Waals surface area contributed by atoms with E-state index in [4.69, 9.17) is 9.16 Å². The number of benzene rings is 1. The van der Waals surface area contributed by atoms with Crippen LogP contribution in [0.15, 0.2) is 40.0 Å². The Labute approximate surface area is 201 Å². The molecule has 1 saturated heterocycles. The summed E-state index contributed by atoms with van der Waals surface area (Å²) in [5.41, 5.74) is 0.928. The van der Waals surface area contributed by atoms with Crippen LogP contribution in [0.5, 0.6) is 0 Å². The molecular weight excluding hydrogens is 554 g/mol. The molecule has 5 nitrogen and oxygen atoms in total. The Morgan fingerprint density at radius 1 is 1.25 bits per heavy atom. The number of carbonyl (C=O) groups is 2. The molecule has 0 radical (unpaired) electrons. The van der Waals surface area contributed by atoms with Gasteiger partial charge in [-0.3, -0.25) is 4.79 Å². The fraction of sp³-hybridized carbons (Fsp3) is 0.545. The summed E-state index contributed by atoms with van der Waals surface area (Å²) in [6.07, 6.45) is -5.33. The normalized spacial score (nSPS) is 18.6. The van der Waals surface area contributed by atoms with Crippen molar-refractivity contribution in [1.29, 1.82) is 0 Å². The molecular formula is C22H29F3INO4Si. The second kappa shape index (κ2) is 11.6. The molecule has 1 fully saturated rings. The fourth-order valence-electron chi connectivity index (χ4n) is 3.75. The van der Waals surface area contributed by atoms with E-state index >= 15 is 0 Å². The molecule has 0 aromatic heterocycles. The second-order valence-electron chi connectivity index (χ2n) is 7.76. The Balaban J connectivity index is 2.32. The van der Waals surface area contributed by atoms with E-state index in [1.807, 2.05) is 51.1 Å². The number of hydrogen-bond donors (Lipinski definition) is 0. The molecule has 178 valence electrons. The van der Waals surface area contributed by atoms with Gasteiger partial charge in [-0.1, -0.05) is 57.2 Å². The van der Waals surface area contributed by atoms with Crippen molar-refractivity contribution < 1.29 is 31.9 Å². The van der Waals surface area contributed by atoms with Gasteiger partial charge in [0.05, 0.1) is 9.62 Å². The highest BCUT2D eigenvalue weighted by Crippen LogP contribution is 2.33. The van der Waals surface area contributed by atoms with Crippen LogP contribution in [0.4, 0.5) is 18.0 Å². The van der Waals surface area contributed by atoms with Crippen molar-refractivity contribution in [2.24, 2.45) is 0 Å². The van der Waals surface area contributed by atoms with Crippen LogP contribution in [-0.2, 0) is 20.4 Å². The number of cyclic esters (lactones) is 1. The van der Waals surface area contributed by atoms with Crippen molar-refractivity contribution in [1.82, 2.24) is 4.90 Å². The maximum Gasteiger partial charge on any atom is 0.421 e. The number of nitrogens with zero attached hydrogens (tertiary/aromatic N) is 1. The number of hydrogen-bond acceptors (Lipinski definition) is 4. The summed E-state index contributed by atoms with van der Waals surface area (Å²) in [6.45, 7) is 5.95. The van der Waals surface area contributed by atoms with Gasteiger partial charge in [0.2, 0.25) is 0 Å². The Morgan fingerprint density at radius 2 is 1.84 bits per heavy atom. The fourth-order valence-corrected chi connectivity index (χ4v) is 6.80. The number of rotatable bonds is 10. The molecule has 1 heterocycles. The standard InChI is InChI=1S/C22H29F3INO4Si/c1-4-32(5-2,6-3)31-18(12-13-19(26)22(23,24)25)20(28)27-17(15-30-21(27)29)14-16-10-8-7-9-11-16/h7-11,13,17-18H,4-6,12,14-15H2,1-3H3/b19-13-/t17-,18+/m1/s1. The third-order valence-electron chi connectivity index (χ3n) is 5.90. The first-order valence-electron chi connectivity index (χ1n) is 10.7. The van der Waals surface area contributed by atoms with Crippen molar-refractivity contribution >= 4 is 42.9 Å². The first-order chi connectivity index (χ1) is 15.1. The van der Waals surface area contributed by atoms with Crippen molar-refractivity contribution in [3.63, 3.8) is 0 Å². The summed E-state index contributed by atoms with van der Waals surface area (Å²) in [5.74, 6) is -0.636. The van der Waals surface area contributed by atoms with Gasteiger partial charge < -0.3 is 9.16 Å². The average molecular weight is 583 g/mol. The molecule has 32 heavy (non-hydrogen) atoms. The van der Waals surface area contributed by atoms with E-state index in [0.29, 0.717) is 6.42 Å². The highest BCUT2D eigenvalue weighted by molar-refractivity contribution is 14.1. The van der Waals surface area contributed by atoms with E-state index in [1.54, 1.807) is 0 Å². The number of allylic oxidation sites excluding steroid dienone is 1. The van der Waals surface area contributed by atoms with E-state index in [1.165, 1.54) is 22.6 Å². The smallest absolute Gasteiger partial charge is 0.421 e. The number of amides is 2. The van der Waals surface area contributed by atoms with Crippen LogP contribution in [0.3, 0.4) is 0 Å². The van der Waals surface area contributed by atoms with Crippen LogP contribution >= 0.6 is 22.6 Å². The topological polar surface area (TPSA) is 55.8 Å². The zero-order chi connectivity index (χ0) is 23.9. The maximum absolute atomic E-state index is 13.5. The van der Waals surface area contributed by atoms with E-state index in [-0.39, 0.29) is 13.0 Å². The van der Waals surface area contributed by atoms with Crippen molar-refractivity contribution in [2.45, 2.75) is 70.1 Å². The molecule has 0 N–H and O–H groups in total. The SMILES string of the molecule is CC[Si](CC)(CC)O[C@@H](C/C=C(\I)C(F)(F)F)C(=O)N1C(=O)OC[C@H]1Cc1ccccc1. The summed E-state index contributed by atoms with van der Waals surface area (Å²) in [5, 5.41) is 0. The van der Waals surface area contributed by atoms with Crippen molar-refractivity contribution in [3.8, 4) is 0 Å². The Morgan fingerprint density at radius 3 is 2.38 bits per heavy atom. The predicted octanol–water partition coefficient (Wildman–Crippen LogP) is 6.24. The molecule has 0 saturated carbocycles. The minimum Gasteiger partial charge on any atom is -0.447 e. The summed E-state index contributed by atoms with van der Waals surface area (Å²) in [4.78, 5) is 26.9. The second-order valence-corrected chi connectivity index (χ2v) is 13.6. The highest BCUT2D eigenvalue weighted by Gasteiger charge is 2.44. The van der Waals surface area contributed by atoms with Gasteiger partial charge in [-0.2, -0.15) is 13.2 Å². The van der Waals surface area contributed by atoms with Gasteiger partial charge in [0.15, 0.2) is 8.32 Å². The lowest BCUT2D eigenvalue weighted by Gasteiger charge is -2.34. The van der Waals surface area contributed by atoms with Crippen LogP contribution in [-0.4, -0.2) is 50.1 Å². The van der Waals surface area contributed by atoms with Gasteiger partial charge in [0.25, 0.3) is 5.91 Å². The quantitative estimate of drug-likeness (QED) is 0.242. The molecule has 1 aliphatic rings. The van der Waals surface area contributed by atoms with E-state index < -0.39 is 42.2 Å². The molecule has 0 bridgehead atoms. The molecule has 10 heteroatoms. The first kappa shape index (κ1) is 26.8. The molecule has 1 aliphatic heterocycles. The van der Waals surface area contributed by atoms with Crippen LogP contribution in [0, 0.1) is 0 Å². The van der Waals surface area contributed by atoms with Crippen molar-refractivity contribution in [2.75, 3.05) is 6.61 Å². The van der Waals surface area contributed by atoms with Gasteiger partial charge in [0.1, 0.15) is 12.7 Å². The molecule has 2 amide bonds. The molecule has 2 atom stereocenters. The first-order valence-corrected chi connectivity index (χ1v) is 14.3. The van der Waals surface area contributed by atoms with Crippen LogP contribution in [0.1, 0.15) is 32.8 Å². The Kier molecular flexibility index (Phi) is 9.77. The van der Waals surface area contributed by atoms with Crippen LogP contribution in [0.2, 0.25) is 18.1 Å². The molecule has 1 aromatic rings. The van der Waals surface area contributed by atoms with Gasteiger partial charge in [0, 0.05) is 6.42 Å². The number of imide groups is 1. The van der Waals surface area contributed by atoms with Crippen LogP contribution in [0.25, 0.3) is 0 Å². The molecule has 0 unspecified atom stereocenters. The zero-order valence-corrected chi connectivity index (χ0v) is 21.6. The predicted molar refractivity (Wildman–Crippen MR) is 127 cm³/mol. The largest absolute Gasteiger partial charge is 0.447 e. The maximum atomic E-state index is 13.5. The molecule has 0 aliphatic carbocycles. The third-order valence-corrected chi connectivity index (χ3v) is 11.6. The summed E-state index contributed by atoms with van der Waals surface area (Å²) in [7, 11) is -2.34. The Bertz CT molecular complexity index is 807. The van der Waals surface area contributed by atoms with Gasteiger partial charge in [-0.25, -0.2) is 9.69 Å². The van der Waals surface area contributed by atoms with Gasteiger partial charge in [-0.15, -0.1) is 0 Å². The lowest BCUT2D eigenvalue weighted by Crippen LogP contribution is -2.50. The lowest BCUT2D eigenvalue weighted by molar-refractivity contribution is -0.137. The summed E-state index contributed by atoms with van der Waals surface area (Å²) < 4.78 is 49.7. The zero-order valence-electron chi connectivity index (χ0n) is 18.5. The average Bonchev–Trinajstić information content (AvgIpc) is 3.13. The van der Waals surface area contributed by atoms with E-state index in [0.717, 1.165) is 34.7 Å². The third kappa shape index (κ3) is 6.80.